The van der Waals surface area contributed by atoms with Crippen molar-refractivity contribution in [2.75, 3.05) is 13.2 Å². The smallest absolute Gasteiger partial charge is 0.269 e. The van der Waals surface area contributed by atoms with Crippen LogP contribution in [0.1, 0.15) is 49.4 Å². The Morgan fingerprint density at radius 2 is 1.64 bits per heavy atom. The van der Waals surface area contributed by atoms with Crippen LogP contribution in [0.5, 0.6) is 5.75 Å². The highest BCUT2D eigenvalue weighted by Gasteiger charge is 2.47. The first-order valence-electron chi connectivity index (χ1n) is 9.68. The van der Waals surface area contributed by atoms with E-state index in [9.17, 15) is 19.2 Å². The molecule has 150 valence electrons. The van der Waals surface area contributed by atoms with E-state index in [2.05, 4.69) is 10.9 Å². The molecule has 8 nitrogen and oxygen atoms in total. The number of fused-ring (bicyclic) bond motifs is 1. The summed E-state index contributed by atoms with van der Waals surface area (Å²) in [5.74, 6) is -1.04. The maximum atomic E-state index is 12.4. The fourth-order valence-electron chi connectivity index (χ4n) is 3.80. The Morgan fingerprint density at radius 1 is 1.04 bits per heavy atom. The summed E-state index contributed by atoms with van der Waals surface area (Å²) >= 11 is 0. The van der Waals surface area contributed by atoms with Gasteiger partial charge in [0, 0.05) is 18.5 Å². The van der Waals surface area contributed by atoms with Gasteiger partial charge in [0.05, 0.1) is 18.4 Å². The Balaban J connectivity index is 1.45. The molecule has 28 heavy (non-hydrogen) atoms. The van der Waals surface area contributed by atoms with Crippen LogP contribution in [0.15, 0.2) is 24.3 Å². The third kappa shape index (κ3) is 4.32. The number of benzene rings is 1. The Kier molecular flexibility index (Phi) is 6.28. The predicted octanol–water partition coefficient (Wildman–Crippen LogP) is 1.41. The van der Waals surface area contributed by atoms with Crippen molar-refractivity contribution in [1.29, 1.82) is 0 Å². The van der Waals surface area contributed by atoms with Crippen LogP contribution < -0.4 is 15.6 Å². The monoisotopic (exact) mass is 387 g/mol. The Hall–Kier alpha value is -2.90. The van der Waals surface area contributed by atoms with Gasteiger partial charge >= 0.3 is 0 Å². The molecule has 1 saturated carbocycles. The van der Waals surface area contributed by atoms with E-state index in [-0.39, 0.29) is 36.6 Å². The summed E-state index contributed by atoms with van der Waals surface area (Å²) in [7, 11) is 0. The molecule has 1 aromatic rings. The molecule has 2 fully saturated rings. The van der Waals surface area contributed by atoms with Crippen LogP contribution in [0.3, 0.4) is 0 Å². The van der Waals surface area contributed by atoms with E-state index in [0.717, 1.165) is 25.7 Å². The molecule has 0 bridgehead atoms. The number of nitrogens with one attached hydrogen (secondary N) is 2. The molecule has 1 heterocycles. The number of hydrogen-bond acceptors (Lipinski definition) is 5. The fourth-order valence-corrected chi connectivity index (χ4v) is 3.80. The average molecular weight is 387 g/mol. The molecule has 3 rings (SSSR count). The predicted molar refractivity (Wildman–Crippen MR) is 100 cm³/mol. The molecule has 1 aromatic carbocycles. The zero-order valence-electron chi connectivity index (χ0n) is 15.9. The summed E-state index contributed by atoms with van der Waals surface area (Å²) in [5, 5.41) is 0. The fraction of sp³-hybridized carbons (Fsp3) is 0.500. The first-order chi connectivity index (χ1) is 13.5. The van der Waals surface area contributed by atoms with Crippen molar-refractivity contribution in [2.24, 2.45) is 11.8 Å². The van der Waals surface area contributed by atoms with Crippen LogP contribution in [0.4, 0.5) is 0 Å². The highest BCUT2D eigenvalue weighted by Crippen LogP contribution is 2.37. The van der Waals surface area contributed by atoms with Crippen molar-refractivity contribution < 1.29 is 23.9 Å². The van der Waals surface area contributed by atoms with Crippen LogP contribution >= 0.6 is 0 Å². The van der Waals surface area contributed by atoms with Gasteiger partial charge in [0.1, 0.15) is 5.75 Å². The Labute approximate surface area is 163 Å². The molecule has 0 spiro atoms. The lowest BCUT2D eigenvalue weighted by atomic mass is 9.81. The van der Waals surface area contributed by atoms with E-state index in [4.69, 9.17) is 4.74 Å². The molecule has 2 N–H and O–H groups in total. The van der Waals surface area contributed by atoms with Gasteiger partial charge in [0.2, 0.25) is 17.7 Å². The molecule has 1 aliphatic carbocycles. The van der Waals surface area contributed by atoms with Crippen LogP contribution in [-0.2, 0) is 14.4 Å². The zero-order valence-corrected chi connectivity index (χ0v) is 15.9. The number of hydrazine groups is 1. The maximum absolute atomic E-state index is 12.4. The van der Waals surface area contributed by atoms with E-state index in [1.165, 1.54) is 4.90 Å². The second-order valence-electron chi connectivity index (χ2n) is 7.04. The minimum absolute atomic E-state index is 0.0371. The summed E-state index contributed by atoms with van der Waals surface area (Å²) in [6.45, 7) is 2.44. The summed E-state index contributed by atoms with van der Waals surface area (Å²) in [6, 6.07) is 6.53. The van der Waals surface area contributed by atoms with Crippen LogP contribution in [-0.4, -0.2) is 41.7 Å². The quantitative estimate of drug-likeness (QED) is 0.567. The zero-order chi connectivity index (χ0) is 20.1. The van der Waals surface area contributed by atoms with Crippen LogP contribution in [0.25, 0.3) is 0 Å². The largest absolute Gasteiger partial charge is 0.494 e. The van der Waals surface area contributed by atoms with Gasteiger partial charge in [-0.2, -0.15) is 0 Å². The van der Waals surface area contributed by atoms with Crippen LogP contribution in [0.2, 0.25) is 0 Å². The lowest BCUT2D eigenvalue weighted by Crippen LogP contribution is -2.43. The van der Waals surface area contributed by atoms with Gasteiger partial charge in [-0.15, -0.1) is 0 Å². The number of nitrogens with zero attached hydrogens (tertiary/aromatic N) is 1. The SMILES string of the molecule is CCOc1ccc(C(=O)NNC(=O)CCN2C(=O)[C@H]3CCCC[C@@H]3C2=O)cc1. The molecule has 0 aromatic heterocycles. The van der Waals surface area contributed by atoms with E-state index in [1.807, 2.05) is 6.92 Å². The molecule has 1 saturated heterocycles. The van der Waals surface area contributed by atoms with Crippen molar-refractivity contribution in [1.82, 2.24) is 15.8 Å². The molecule has 2 atom stereocenters. The second-order valence-corrected chi connectivity index (χ2v) is 7.04. The standard InChI is InChI=1S/C20H25N3O5/c1-2-28-14-9-7-13(8-10-14)18(25)22-21-17(24)11-12-23-19(26)15-5-3-4-6-16(15)20(23)27/h7-10,15-16H,2-6,11-12H2,1H3,(H,21,24)(H,22,25)/t15-,16-/m0/s1. The molecule has 1 aliphatic heterocycles. The van der Waals surface area contributed by atoms with Gasteiger partial charge in [-0.05, 0) is 44.0 Å². The third-order valence-electron chi connectivity index (χ3n) is 5.24. The summed E-state index contributed by atoms with van der Waals surface area (Å²) in [5.41, 5.74) is 5.02. The van der Waals surface area contributed by atoms with Crippen molar-refractivity contribution >= 4 is 23.6 Å². The Morgan fingerprint density at radius 3 is 2.21 bits per heavy atom. The Bertz CT molecular complexity index is 738. The molecule has 2 aliphatic rings. The van der Waals surface area contributed by atoms with Gasteiger partial charge in [-0.1, -0.05) is 12.8 Å². The van der Waals surface area contributed by atoms with Crippen molar-refractivity contribution in [2.45, 2.75) is 39.0 Å². The number of hydrogen-bond donors (Lipinski definition) is 2. The van der Waals surface area contributed by atoms with Crippen molar-refractivity contribution in [3.63, 3.8) is 0 Å². The van der Waals surface area contributed by atoms with Crippen molar-refractivity contribution in [3.05, 3.63) is 29.8 Å². The molecule has 0 unspecified atom stereocenters. The number of ether oxygens (including phenoxy) is 1. The molecule has 4 amide bonds. The highest BCUT2D eigenvalue weighted by molar-refractivity contribution is 6.05. The highest BCUT2D eigenvalue weighted by atomic mass is 16.5. The first kappa shape index (κ1) is 19.9. The van der Waals surface area contributed by atoms with Gasteiger partial charge in [-0.3, -0.25) is 34.9 Å². The number of likely N-dealkylation sites (tertiary alicyclic amines) is 1. The molecular weight excluding hydrogens is 362 g/mol. The lowest BCUT2D eigenvalue weighted by Gasteiger charge is -2.19. The van der Waals surface area contributed by atoms with Crippen molar-refractivity contribution in [3.8, 4) is 5.75 Å². The number of amides is 4. The number of imide groups is 1. The van der Waals surface area contributed by atoms with E-state index in [1.54, 1.807) is 24.3 Å². The van der Waals surface area contributed by atoms with E-state index in [0.29, 0.717) is 17.9 Å². The molecule has 0 radical (unpaired) electrons. The van der Waals surface area contributed by atoms with Gasteiger partial charge in [0.15, 0.2) is 0 Å². The topological polar surface area (TPSA) is 105 Å². The third-order valence-corrected chi connectivity index (χ3v) is 5.24. The maximum Gasteiger partial charge on any atom is 0.269 e. The van der Waals surface area contributed by atoms with Crippen LogP contribution in [0, 0.1) is 11.8 Å². The number of rotatable bonds is 6. The van der Waals surface area contributed by atoms with Gasteiger partial charge in [0.25, 0.3) is 5.91 Å². The van der Waals surface area contributed by atoms with Gasteiger partial charge < -0.3 is 4.74 Å². The average Bonchev–Trinajstić information content (AvgIpc) is 2.96. The normalized spacial score (nSPS) is 21.2. The minimum atomic E-state index is -0.463. The molecular formula is C20H25N3O5. The van der Waals surface area contributed by atoms with Gasteiger partial charge in [-0.25, -0.2) is 0 Å². The van der Waals surface area contributed by atoms with E-state index < -0.39 is 11.8 Å². The number of carbonyl (C=O) groups is 4. The first-order valence-corrected chi connectivity index (χ1v) is 9.68. The number of carbonyl (C=O) groups excluding carboxylic acids is 4. The summed E-state index contributed by atoms with van der Waals surface area (Å²) in [4.78, 5) is 50.0. The summed E-state index contributed by atoms with van der Waals surface area (Å²) < 4.78 is 5.31. The lowest BCUT2D eigenvalue weighted by molar-refractivity contribution is -0.140. The summed E-state index contributed by atoms with van der Waals surface area (Å²) in [6.07, 6.45) is 3.37. The minimum Gasteiger partial charge on any atom is -0.494 e. The van der Waals surface area contributed by atoms with E-state index >= 15 is 0 Å². The molecule has 8 heteroatoms. The second kappa shape index (κ2) is 8.86.